The number of pyridine rings is 1. The molecule has 1 aromatic carbocycles. The summed E-state index contributed by atoms with van der Waals surface area (Å²) in [6, 6.07) is 5.88. The maximum Gasteiger partial charge on any atom is 0.339 e. The molecule has 2 N–H and O–H groups in total. The first kappa shape index (κ1) is 19.7. The third-order valence-electron chi connectivity index (χ3n) is 4.89. The number of anilines is 1. The molecule has 2 heterocycles. The molecule has 30 heavy (non-hydrogen) atoms. The van der Waals surface area contributed by atoms with Gasteiger partial charge in [0.15, 0.2) is 0 Å². The Morgan fingerprint density at radius 1 is 1.23 bits per heavy atom. The van der Waals surface area contributed by atoms with E-state index in [2.05, 4.69) is 20.5 Å². The van der Waals surface area contributed by atoms with Crippen LogP contribution in [0.25, 0.3) is 0 Å². The maximum atomic E-state index is 13.6. The van der Waals surface area contributed by atoms with Gasteiger partial charge in [-0.05, 0) is 42.3 Å². The molecule has 0 saturated carbocycles. The minimum absolute atomic E-state index is 0.161. The molecule has 4 rings (SSSR count). The Morgan fingerprint density at radius 2 is 2.00 bits per heavy atom. The second kappa shape index (κ2) is 8.03. The molecule has 1 aliphatic heterocycles. The molecule has 1 atom stereocenters. The zero-order chi connectivity index (χ0) is 21.3. The number of hydrazine groups is 1. The predicted molar refractivity (Wildman–Crippen MR) is 104 cm³/mol. The van der Waals surface area contributed by atoms with Crippen LogP contribution in [0.2, 0.25) is 0 Å². The second-order valence-corrected chi connectivity index (χ2v) is 6.80. The zero-order valence-electron chi connectivity index (χ0n) is 16.0. The van der Waals surface area contributed by atoms with E-state index in [-0.39, 0.29) is 17.3 Å². The molecule has 0 spiro atoms. The van der Waals surface area contributed by atoms with E-state index < -0.39 is 23.5 Å². The molecule has 0 radical (unpaired) electrons. The molecule has 2 aliphatic rings. The summed E-state index contributed by atoms with van der Waals surface area (Å²) in [5.41, 5.74) is 5.45. The summed E-state index contributed by atoms with van der Waals surface area (Å²) < 4.78 is 31.9. The van der Waals surface area contributed by atoms with Crippen molar-refractivity contribution in [2.45, 2.75) is 12.5 Å². The number of methoxy groups -OCH3 is 1. The Labute approximate surface area is 171 Å². The summed E-state index contributed by atoms with van der Waals surface area (Å²) in [7, 11) is 1.27. The van der Waals surface area contributed by atoms with Gasteiger partial charge in [-0.15, -0.1) is 0 Å². The van der Waals surface area contributed by atoms with Crippen molar-refractivity contribution in [2.24, 2.45) is 0 Å². The first-order chi connectivity index (χ1) is 14.5. The Kier molecular flexibility index (Phi) is 5.28. The van der Waals surface area contributed by atoms with E-state index in [1.54, 1.807) is 5.01 Å². The molecular formula is C21H18F2N4O3. The molecule has 1 aliphatic carbocycles. The van der Waals surface area contributed by atoms with Crippen LogP contribution < -0.4 is 15.8 Å². The number of amides is 1. The van der Waals surface area contributed by atoms with Gasteiger partial charge >= 0.3 is 5.97 Å². The van der Waals surface area contributed by atoms with Crippen molar-refractivity contribution in [3.05, 3.63) is 82.8 Å². The molecular weight excluding hydrogens is 394 g/mol. The van der Waals surface area contributed by atoms with Crippen LogP contribution in [-0.4, -0.2) is 36.6 Å². The number of nitrogens with one attached hydrogen (secondary N) is 2. The van der Waals surface area contributed by atoms with Gasteiger partial charge in [0.25, 0.3) is 5.91 Å². The highest BCUT2D eigenvalue weighted by atomic mass is 19.1. The summed E-state index contributed by atoms with van der Waals surface area (Å²) in [5, 5.41) is 4.52. The molecule has 0 bridgehead atoms. The first-order valence-corrected chi connectivity index (χ1v) is 9.21. The van der Waals surface area contributed by atoms with Crippen LogP contribution in [0.15, 0.2) is 60.0 Å². The van der Waals surface area contributed by atoms with E-state index in [0.29, 0.717) is 18.7 Å². The first-order valence-electron chi connectivity index (χ1n) is 9.21. The summed E-state index contributed by atoms with van der Waals surface area (Å²) in [4.78, 5) is 28.1. The monoisotopic (exact) mass is 412 g/mol. The fraction of sp³-hybridized carbons (Fsp3) is 0.190. The van der Waals surface area contributed by atoms with Gasteiger partial charge in [-0.2, -0.15) is 0 Å². The maximum absolute atomic E-state index is 13.6. The summed E-state index contributed by atoms with van der Waals surface area (Å²) in [5.74, 6) is -2.28. The van der Waals surface area contributed by atoms with Crippen LogP contribution in [0.3, 0.4) is 0 Å². The normalized spacial score (nSPS) is 17.7. The average Bonchev–Trinajstić information content (AvgIpc) is 3.18. The number of allylic oxidation sites excluding steroid dienone is 1. The van der Waals surface area contributed by atoms with Gasteiger partial charge in [-0.25, -0.2) is 19.0 Å². The highest BCUT2D eigenvalue weighted by Crippen LogP contribution is 2.31. The Balaban J connectivity index is 1.52. The third kappa shape index (κ3) is 3.79. The zero-order valence-corrected chi connectivity index (χ0v) is 16.0. The molecule has 1 aromatic heterocycles. The predicted octanol–water partition coefficient (Wildman–Crippen LogP) is 2.48. The SMILES string of the molecule is COC(=O)c1ccc(C(=O)NC2CC=CC3=C2CNN3c2cc(F)cc(F)c2)nc1. The van der Waals surface area contributed by atoms with Crippen LogP contribution in [0.5, 0.6) is 0 Å². The molecule has 0 fully saturated rings. The number of esters is 1. The lowest BCUT2D eigenvalue weighted by Crippen LogP contribution is -2.38. The van der Waals surface area contributed by atoms with Crippen molar-refractivity contribution in [3.63, 3.8) is 0 Å². The van der Waals surface area contributed by atoms with Crippen molar-refractivity contribution in [1.29, 1.82) is 0 Å². The van der Waals surface area contributed by atoms with Crippen LogP contribution in [0.4, 0.5) is 14.5 Å². The lowest BCUT2D eigenvalue weighted by atomic mass is 9.97. The summed E-state index contributed by atoms with van der Waals surface area (Å²) in [6.07, 6.45) is 5.58. The van der Waals surface area contributed by atoms with Crippen molar-refractivity contribution < 1.29 is 23.1 Å². The molecule has 2 aromatic rings. The van der Waals surface area contributed by atoms with Gasteiger partial charge in [0.05, 0.1) is 30.1 Å². The lowest BCUT2D eigenvalue weighted by molar-refractivity contribution is 0.0599. The van der Waals surface area contributed by atoms with Crippen molar-refractivity contribution >= 4 is 17.6 Å². The molecule has 7 nitrogen and oxygen atoms in total. The van der Waals surface area contributed by atoms with E-state index in [1.165, 1.54) is 37.6 Å². The van der Waals surface area contributed by atoms with E-state index in [4.69, 9.17) is 0 Å². The summed E-state index contributed by atoms with van der Waals surface area (Å²) in [6.45, 7) is 0.414. The third-order valence-corrected chi connectivity index (χ3v) is 4.89. The van der Waals surface area contributed by atoms with Gasteiger partial charge in [-0.1, -0.05) is 6.08 Å². The van der Waals surface area contributed by atoms with Gasteiger partial charge in [0.1, 0.15) is 17.3 Å². The number of rotatable bonds is 4. The Morgan fingerprint density at radius 3 is 2.67 bits per heavy atom. The Hall–Kier alpha value is -3.59. The minimum Gasteiger partial charge on any atom is -0.465 e. The van der Waals surface area contributed by atoms with Crippen molar-refractivity contribution in [3.8, 4) is 0 Å². The number of halogens is 2. The molecule has 0 saturated heterocycles. The van der Waals surface area contributed by atoms with E-state index >= 15 is 0 Å². The van der Waals surface area contributed by atoms with E-state index in [1.807, 2.05) is 12.2 Å². The van der Waals surface area contributed by atoms with Gasteiger partial charge < -0.3 is 10.1 Å². The summed E-state index contributed by atoms with van der Waals surface area (Å²) >= 11 is 0. The van der Waals surface area contributed by atoms with Crippen LogP contribution in [0.1, 0.15) is 27.3 Å². The highest BCUT2D eigenvalue weighted by Gasteiger charge is 2.31. The van der Waals surface area contributed by atoms with Gasteiger partial charge in [-0.3, -0.25) is 14.8 Å². The fourth-order valence-corrected chi connectivity index (χ4v) is 3.47. The lowest BCUT2D eigenvalue weighted by Gasteiger charge is -2.25. The number of ether oxygens (including phenoxy) is 1. The van der Waals surface area contributed by atoms with E-state index in [9.17, 15) is 18.4 Å². The van der Waals surface area contributed by atoms with Crippen LogP contribution in [0, 0.1) is 11.6 Å². The number of aromatic nitrogens is 1. The highest BCUT2D eigenvalue weighted by molar-refractivity contribution is 5.94. The largest absolute Gasteiger partial charge is 0.465 e. The van der Waals surface area contributed by atoms with Crippen molar-refractivity contribution in [2.75, 3.05) is 18.7 Å². The molecule has 154 valence electrons. The standard InChI is InChI=1S/C21H18F2N4O3/c1-30-21(29)12-5-6-18(24-10-12)20(28)26-17-3-2-4-19-16(17)11-25-27(19)15-8-13(22)7-14(23)9-15/h2,4-10,17,25H,3,11H2,1H3,(H,26,28). The van der Waals surface area contributed by atoms with Crippen molar-refractivity contribution in [1.82, 2.24) is 15.7 Å². The molecule has 1 amide bonds. The average molecular weight is 412 g/mol. The number of nitrogens with zero attached hydrogens (tertiary/aromatic N) is 2. The quantitative estimate of drug-likeness (QED) is 0.751. The fourth-order valence-electron chi connectivity index (χ4n) is 3.47. The Bertz CT molecular complexity index is 1050. The van der Waals surface area contributed by atoms with Gasteiger partial charge in [0.2, 0.25) is 0 Å². The number of benzene rings is 1. The topological polar surface area (TPSA) is 83.6 Å². The molecule has 1 unspecified atom stereocenters. The van der Waals surface area contributed by atoms with Gasteiger partial charge in [0, 0.05) is 18.8 Å². The van der Waals surface area contributed by atoms with E-state index in [0.717, 1.165) is 17.3 Å². The number of hydrogen-bond donors (Lipinski definition) is 2. The number of hydrogen-bond acceptors (Lipinski definition) is 6. The second-order valence-electron chi connectivity index (χ2n) is 6.80. The molecule has 9 heteroatoms. The van der Waals surface area contributed by atoms with Crippen LogP contribution >= 0.6 is 0 Å². The van der Waals surface area contributed by atoms with Crippen LogP contribution in [-0.2, 0) is 4.74 Å². The number of carbonyl (C=O) groups excluding carboxylic acids is 2. The minimum atomic E-state index is -0.674. The smallest absolute Gasteiger partial charge is 0.339 e. The number of carbonyl (C=O) groups is 2.